The van der Waals surface area contributed by atoms with Crippen molar-refractivity contribution in [3.05, 3.63) is 23.9 Å². The van der Waals surface area contributed by atoms with Crippen molar-refractivity contribution in [2.75, 3.05) is 18.9 Å². The number of nitrogen functional groups attached to an aromatic ring is 1. The Bertz CT molecular complexity index is 366. The quantitative estimate of drug-likeness (QED) is 0.778. The van der Waals surface area contributed by atoms with Gasteiger partial charge in [-0.1, -0.05) is 13.0 Å². The first-order valence-electron chi connectivity index (χ1n) is 6.58. The van der Waals surface area contributed by atoms with Gasteiger partial charge in [0, 0.05) is 18.8 Å². The van der Waals surface area contributed by atoms with E-state index in [2.05, 4.69) is 31.1 Å². The number of likely N-dealkylation sites (N-methyl/N-ethyl adjacent to an activating group) is 1. The molecule has 0 aliphatic heterocycles. The maximum atomic E-state index is 5.90. The third-order valence-electron chi connectivity index (χ3n) is 3.16. The molecular weight excluding hydrogens is 226 g/mol. The summed E-state index contributed by atoms with van der Waals surface area (Å²) in [6, 6.07) is 4.16. The van der Waals surface area contributed by atoms with Crippen molar-refractivity contribution in [1.82, 2.24) is 10.3 Å². The maximum absolute atomic E-state index is 5.90. The molecule has 4 heteroatoms. The molecule has 0 fully saturated rings. The van der Waals surface area contributed by atoms with Gasteiger partial charge in [-0.05, 0) is 45.4 Å². The van der Waals surface area contributed by atoms with Gasteiger partial charge in [-0.2, -0.15) is 0 Å². The van der Waals surface area contributed by atoms with Crippen LogP contribution in [-0.2, 0) is 11.2 Å². The molecule has 0 spiro atoms. The lowest BCUT2D eigenvalue weighted by atomic mass is 9.92. The predicted molar refractivity (Wildman–Crippen MR) is 75.5 cm³/mol. The van der Waals surface area contributed by atoms with Gasteiger partial charge in [-0.3, -0.25) is 0 Å². The summed E-state index contributed by atoms with van der Waals surface area (Å²) in [5.74, 6) is 0.604. The third-order valence-corrected chi connectivity index (χ3v) is 3.16. The summed E-state index contributed by atoms with van der Waals surface area (Å²) in [5.41, 5.74) is 6.74. The Morgan fingerprint density at radius 1 is 1.44 bits per heavy atom. The monoisotopic (exact) mass is 251 g/mol. The molecule has 102 valence electrons. The minimum Gasteiger partial charge on any atom is -0.383 e. The number of hydrogen-bond acceptors (Lipinski definition) is 4. The molecule has 0 radical (unpaired) electrons. The van der Waals surface area contributed by atoms with Crippen molar-refractivity contribution in [2.24, 2.45) is 0 Å². The minimum atomic E-state index is -0.229. The summed E-state index contributed by atoms with van der Waals surface area (Å²) in [7, 11) is 0. The highest BCUT2D eigenvalue weighted by Crippen LogP contribution is 2.20. The summed E-state index contributed by atoms with van der Waals surface area (Å²) in [4.78, 5) is 4.13. The standard InChI is InChI=1S/C14H25N3O/c1-5-16-12(14(3,4)18-6-2)10-11-8-7-9-17-13(11)15/h7-9,12,16H,5-6,10H2,1-4H3,(H2,15,17). The van der Waals surface area contributed by atoms with E-state index >= 15 is 0 Å². The van der Waals surface area contributed by atoms with Crippen molar-refractivity contribution < 1.29 is 4.74 Å². The van der Waals surface area contributed by atoms with E-state index in [1.807, 2.05) is 19.1 Å². The second-order valence-corrected chi connectivity index (χ2v) is 4.90. The first kappa shape index (κ1) is 14.9. The Kier molecular flexibility index (Phi) is 5.56. The van der Waals surface area contributed by atoms with Crippen LogP contribution in [0.1, 0.15) is 33.3 Å². The van der Waals surface area contributed by atoms with Crippen LogP contribution in [0.3, 0.4) is 0 Å². The molecule has 0 aliphatic rings. The molecule has 0 aromatic carbocycles. The van der Waals surface area contributed by atoms with Gasteiger partial charge in [0.2, 0.25) is 0 Å². The van der Waals surface area contributed by atoms with E-state index in [1.54, 1.807) is 6.20 Å². The van der Waals surface area contributed by atoms with Crippen molar-refractivity contribution >= 4 is 5.82 Å². The SMILES string of the molecule is CCNC(Cc1cccnc1N)C(C)(C)OCC. The Labute approximate surface area is 110 Å². The summed E-state index contributed by atoms with van der Waals surface area (Å²) in [6.07, 6.45) is 2.54. The lowest BCUT2D eigenvalue weighted by molar-refractivity contribution is -0.0376. The molecule has 1 heterocycles. The molecule has 4 nitrogen and oxygen atoms in total. The number of hydrogen-bond donors (Lipinski definition) is 2. The van der Waals surface area contributed by atoms with Gasteiger partial charge in [0.25, 0.3) is 0 Å². The summed E-state index contributed by atoms with van der Waals surface area (Å²) >= 11 is 0. The zero-order valence-corrected chi connectivity index (χ0v) is 11.9. The average Bonchev–Trinajstić information content (AvgIpc) is 2.31. The molecule has 1 aromatic rings. The summed E-state index contributed by atoms with van der Waals surface area (Å²) in [5, 5.41) is 3.48. The molecule has 0 saturated heterocycles. The minimum absolute atomic E-state index is 0.217. The second kappa shape index (κ2) is 6.71. The van der Waals surface area contributed by atoms with Crippen LogP contribution in [0.5, 0.6) is 0 Å². The normalized spacial score (nSPS) is 13.6. The number of nitrogens with two attached hydrogens (primary N) is 1. The first-order chi connectivity index (χ1) is 8.51. The maximum Gasteiger partial charge on any atom is 0.126 e. The van der Waals surface area contributed by atoms with Gasteiger partial charge in [0.05, 0.1) is 5.60 Å². The largest absolute Gasteiger partial charge is 0.383 e. The van der Waals surface area contributed by atoms with Crippen LogP contribution < -0.4 is 11.1 Å². The molecule has 0 bridgehead atoms. The Morgan fingerprint density at radius 2 is 2.17 bits per heavy atom. The van der Waals surface area contributed by atoms with Crippen LogP contribution in [0.2, 0.25) is 0 Å². The van der Waals surface area contributed by atoms with E-state index in [0.29, 0.717) is 12.4 Å². The molecular formula is C14H25N3O. The topological polar surface area (TPSA) is 60.2 Å². The van der Waals surface area contributed by atoms with E-state index in [0.717, 1.165) is 18.5 Å². The number of ether oxygens (including phenoxy) is 1. The van der Waals surface area contributed by atoms with E-state index in [1.165, 1.54) is 0 Å². The number of nitrogens with one attached hydrogen (secondary N) is 1. The highest BCUT2D eigenvalue weighted by molar-refractivity contribution is 5.39. The van der Waals surface area contributed by atoms with Crippen LogP contribution in [0, 0.1) is 0 Å². The smallest absolute Gasteiger partial charge is 0.126 e. The van der Waals surface area contributed by atoms with E-state index in [-0.39, 0.29) is 11.6 Å². The molecule has 0 amide bonds. The van der Waals surface area contributed by atoms with Gasteiger partial charge in [-0.25, -0.2) is 4.98 Å². The van der Waals surface area contributed by atoms with Crippen LogP contribution >= 0.6 is 0 Å². The Balaban J connectivity index is 2.83. The molecule has 0 saturated carbocycles. The van der Waals surface area contributed by atoms with Crippen LogP contribution in [0.4, 0.5) is 5.82 Å². The zero-order chi connectivity index (χ0) is 13.6. The van der Waals surface area contributed by atoms with Crippen molar-refractivity contribution in [1.29, 1.82) is 0 Å². The number of nitrogens with zero attached hydrogens (tertiary/aromatic N) is 1. The van der Waals surface area contributed by atoms with E-state index in [4.69, 9.17) is 10.5 Å². The fourth-order valence-corrected chi connectivity index (χ4v) is 2.13. The fraction of sp³-hybridized carbons (Fsp3) is 0.643. The first-order valence-corrected chi connectivity index (χ1v) is 6.58. The van der Waals surface area contributed by atoms with Gasteiger partial charge >= 0.3 is 0 Å². The highest BCUT2D eigenvalue weighted by Gasteiger charge is 2.29. The van der Waals surface area contributed by atoms with E-state index < -0.39 is 0 Å². The van der Waals surface area contributed by atoms with Gasteiger partial charge < -0.3 is 15.8 Å². The summed E-state index contributed by atoms with van der Waals surface area (Å²) < 4.78 is 5.83. The number of pyridine rings is 1. The van der Waals surface area contributed by atoms with Crippen LogP contribution in [-0.4, -0.2) is 29.8 Å². The van der Waals surface area contributed by atoms with Crippen molar-refractivity contribution in [2.45, 2.75) is 45.8 Å². The lowest BCUT2D eigenvalue weighted by Crippen LogP contribution is -2.50. The fourth-order valence-electron chi connectivity index (χ4n) is 2.13. The predicted octanol–water partition coefficient (Wildman–Crippen LogP) is 2.00. The molecule has 1 rings (SSSR count). The lowest BCUT2D eigenvalue weighted by Gasteiger charge is -2.35. The van der Waals surface area contributed by atoms with Crippen LogP contribution in [0.15, 0.2) is 18.3 Å². The molecule has 0 aliphatic carbocycles. The molecule has 3 N–H and O–H groups in total. The van der Waals surface area contributed by atoms with Gasteiger partial charge in [-0.15, -0.1) is 0 Å². The molecule has 1 unspecified atom stereocenters. The molecule has 1 atom stereocenters. The zero-order valence-electron chi connectivity index (χ0n) is 11.9. The van der Waals surface area contributed by atoms with Crippen LogP contribution in [0.25, 0.3) is 0 Å². The molecule has 1 aromatic heterocycles. The highest BCUT2D eigenvalue weighted by atomic mass is 16.5. The number of aromatic nitrogens is 1. The number of rotatable bonds is 7. The molecule has 18 heavy (non-hydrogen) atoms. The van der Waals surface area contributed by atoms with E-state index in [9.17, 15) is 0 Å². The van der Waals surface area contributed by atoms with Gasteiger partial charge in [0.15, 0.2) is 0 Å². The second-order valence-electron chi connectivity index (χ2n) is 4.90. The average molecular weight is 251 g/mol. The van der Waals surface area contributed by atoms with Crippen molar-refractivity contribution in [3.63, 3.8) is 0 Å². The summed E-state index contributed by atoms with van der Waals surface area (Å²) in [6.45, 7) is 9.94. The Hall–Kier alpha value is -1.13. The third kappa shape index (κ3) is 3.96. The van der Waals surface area contributed by atoms with Crippen molar-refractivity contribution in [3.8, 4) is 0 Å². The van der Waals surface area contributed by atoms with Gasteiger partial charge in [0.1, 0.15) is 5.82 Å². The Morgan fingerprint density at radius 3 is 2.72 bits per heavy atom. The number of anilines is 1.